The van der Waals surface area contributed by atoms with Crippen molar-refractivity contribution in [2.24, 2.45) is 0 Å². The molecule has 1 heterocycles. The molecule has 0 aliphatic rings. The summed E-state index contributed by atoms with van der Waals surface area (Å²) in [5.41, 5.74) is 1.78. The molecule has 9 heteroatoms. The van der Waals surface area contributed by atoms with Crippen molar-refractivity contribution < 1.29 is 18.5 Å². The van der Waals surface area contributed by atoms with Gasteiger partial charge in [0.05, 0.1) is 10.5 Å². The predicted octanol–water partition coefficient (Wildman–Crippen LogP) is 2.05. The van der Waals surface area contributed by atoms with Gasteiger partial charge in [0.15, 0.2) is 0 Å². The van der Waals surface area contributed by atoms with Crippen LogP contribution >= 0.6 is 0 Å². The molecule has 0 aliphatic heterocycles. The van der Waals surface area contributed by atoms with E-state index in [9.17, 15) is 23.7 Å². The SMILES string of the molecule is CN(NC(=O)c1ccc(F)cc1F)c1ccc([N+](=O)[O-])cn1. The van der Waals surface area contributed by atoms with E-state index in [1.54, 1.807) is 0 Å². The van der Waals surface area contributed by atoms with Gasteiger partial charge in [0.2, 0.25) is 0 Å². The van der Waals surface area contributed by atoms with E-state index in [1.807, 2.05) is 0 Å². The van der Waals surface area contributed by atoms with Gasteiger partial charge in [-0.25, -0.2) is 13.8 Å². The van der Waals surface area contributed by atoms with E-state index in [0.717, 1.165) is 23.3 Å². The first-order chi connectivity index (χ1) is 10.4. The van der Waals surface area contributed by atoms with Crippen molar-refractivity contribution in [1.29, 1.82) is 0 Å². The number of amides is 1. The molecule has 1 N–H and O–H groups in total. The number of carbonyl (C=O) groups is 1. The lowest BCUT2D eigenvalue weighted by atomic mass is 10.2. The van der Waals surface area contributed by atoms with E-state index in [-0.39, 0.29) is 17.1 Å². The molecule has 0 atom stereocenters. The number of carbonyl (C=O) groups excluding carboxylic acids is 1. The lowest BCUT2D eigenvalue weighted by Crippen LogP contribution is -2.40. The highest BCUT2D eigenvalue weighted by Gasteiger charge is 2.15. The van der Waals surface area contributed by atoms with Crippen molar-refractivity contribution in [3.8, 4) is 0 Å². The zero-order valence-corrected chi connectivity index (χ0v) is 11.3. The first kappa shape index (κ1) is 15.3. The molecule has 0 saturated carbocycles. The van der Waals surface area contributed by atoms with E-state index in [1.165, 1.54) is 19.2 Å². The van der Waals surface area contributed by atoms with Crippen molar-refractivity contribution in [3.63, 3.8) is 0 Å². The van der Waals surface area contributed by atoms with Crippen molar-refractivity contribution in [2.75, 3.05) is 12.1 Å². The Morgan fingerprint density at radius 2 is 2.05 bits per heavy atom. The van der Waals surface area contributed by atoms with Crippen LogP contribution in [0, 0.1) is 21.7 Å². The van der Waals surface area contributed by atoms with Crippen LogP contribution in [0.5, 0.6) is 0 Å². The number of hydrogen-bond acceptors (Lipinski definition) is 5. The molecule has 7 nitrogen and oxygen atoms in total. The summed E-state index contributed by atoms with van der Waals surface area (Å²) in [4.78, 5) is 25.6. The zero-order chi connectivity index (χ0) is 16.3. The third-order valence-corrected chi connectivity index (χ3v) is 2.73. The summed E-state index contributed by atoms with van der Waals surface area (Å²) in [6, 6.07) is 5.10. The van der Waals surface area contributed by atoms with Gasteiger partial charge in [-0.2, -0.15) is 0 Å². The summed E-state index contributed by atoms with van der Waals surface area (Å²) in [5, 5.41) is 11.7. The van der Waals surface area contributed by atoms with Crippen LogP contribution in [0.2, 0.25) is 0 Å². The van der Waals surface area contributed by atoms with E-state index >= 15 is 0 Å². The molecule has 0 bridgehead atoms. The average Bonchev–Trinajstić information content (AvgIpc) is 2.47. The van der Waals surface area contributed by atoms with Crippen LogP contribution < -0.4 is 10.4 Å². The Kier molecular flexibility index (Phi) is 4.25. The lowest BCUT2D eigenvalue weighted by Gasteiger charge is -2.19. The first-order valence-corrected chi connectivity index (χ1v) is 5.98. The largest absolute Gasteiger partial charge is 0.287 e. The number of hydrazine groups is 1. The van der Waals surface area contributed by atoms with Crippen molar-refractivity contribution in [1.82, 2.24) is 10.4 Å². The maximum Gasteiger partial charge on any atom is 0.287 e. The van der Waals surface area contributed by atoms with Gasteiger partial charge in [-0.1, -0.05) is 0 Å². The highest BCUT2D eigenvalue weighted by atomic mass is 19.1. The number of pyridine rings is 1. The van der Waals surface area contributed by atoms with E-state index in [2.05, 4.69) is 10.4 Å². The summed E-state index contributed by atoms with van der Waals surface area (Å²) in [6.45, 7) is 0. The molecule has 0 saturated heterocycles. The molecule has 22 heavy (non-hydrogen) atoms. The number of anilines is 1. The van der Waals surface area contributed by atoms with Gasteiger partial charge < -0.3 is 0 Å². The minimum Gasteiger partial charge on any atom is -0.271 e. The fraction of sp³-hybridized carbons (Fsp3) is 0.0769. The molecule has 1 aromatic carbocycles. The summed E-state index contributed by atoms with van der Waals surface area (Å²) in [7, 11) is 1.42. The Morgan fingerprint density at radius 1 is 1.32 bits per heavy atom. The van der Waals surface area contributed by atoms with Crippen molar-refractivity contribution in [3.05, 3.63) is 63.8 Å². The number of benzene rings is 1. The normalized spacial score (nSPS) is 10.1. The minimum atomic E-state index is -0.998. The van der Waals surface area contributed by atoms with Crippen LogP contribution in [0.1, 0.15) is 10.4 Å². The maximum absolute atomic E-state index is 13.5. The fourth-order valence-corrected chi connectivity index (χ4v) is 1.63. The van der Waals surface area contributed by atoms with Gasteiger partial charge in [-0.15, -0.1) is 0 Å². The number of hydrogen-bond donors (Lipinski definition) is 1. The number of rotatable bonds is 4. The van der Waals surface area contributed by atoms with Crippen molar-refractivity contribution in [2.45, 2.75) is 0 Å². The summed E-state index contributed by atoms with van der Waals surface area (Å²) in [5.74, 6) is -2.39. The third-order valence-electron chi connectivity index (χ3n) is 2.73. The summed E-state index contributed by atoms with van der Waals surface area (Å²) >= 11 is 0. The molecule has 2 aromatic rings. The molecule has 1 amide bonds. The minimum absolute atomic E-state index is 0.201. The van der Waals surface area contributed by atoms with Gasteiger partial charge >= 0.3 is 0 Å². The number of nitro groups is 1. The van der Waals surface area contributed by atoms with Crippen molar-refractivity contribution >= 4 is 17.4 Å². The summed E-state index contributed by atoms with van der Waals surface area (Å²) < 4.78 is 26.3. The van der Waals surface area contributed by atoms with Crippen LogP contribution in [0.4, 0.5) is 20.3 Å². The molecule has 0 aliphatic carbocycles. The molecule has 0 unspecified atom stereocenters. The van der Waals surface area contributed by atoms with E-state index in [4.69, 9.17) is 0 Å². The molecule has 0 spiro atoms. The predicted molar refractivity (Wildman–Crippen MR) is 73.1 cm³/mol. The fourth-order valence-electron chi connectivity index (χ4n) is 1.63. The number of nitrogens with zero attached hydrogens (tertiary/aromatic N) is 3. The van der Waals surface area contributed by atoms with Gasteiger partial charge in [-0.3, -0.25) is 25.3 Å². The molecule has 1 aromatic heterocycles. The maximum atomic E-state index is 13.5. The van der Waals surface area contributed by atoms with Gasteiger partial charge in [0.25, 0.3) is 11.6 Å². The Balaban J connectivity index is 2.12. The number of aromatic nitrogens is 1. The second-order valence-corrected chi connectivity index (χ2v) is 4.26. The molecule has 114 valence electrons. The second-order valence-electron chi connectivity index (χ2n) is 4.26. The van der Waals surface area contributed by atoms with Gasteiger partial charge in [-0.05, 0) is 18.2 Å². The van der Waals surface area contributed by atoms with Crippen LogP contribution in [-0.4, -0.2) is 22.9 Å². The van der Waals surface area contributed by atoms with Gasteiger partial charge in [0.1, 0.15) is 23.6 Å². The Bertz CT molecular complexity index is 722. The highest BCUT2D eigenvalue weighted by Crippen LogP contribution is 2.14. The van der Waals surface area contributed by atoms with Crippen LogP contribution in [-0.2, 0) is 0 Å². The topological polar surface area (TPSA) is 88.4 Å². The van der Waals surface area contributed by atoms with Gasteiger partial charge in [0, 0.05) is 19.2 Å². The molecular weight excluding hydrogens is 298 g/mol. The standard InChI is InChI=1S/C13H10F2N4O3/c1-18(12-5-3-9(7-16-12)19(21)22)17-13(20)10-4-2-8(14)6-11(10)15/h2-7H,1H3,(H,17,20). The molecule has 2 rings (SSSR count). The number of halogens is 2. The van der Waals surface area contributed by atoms with Crippen LogP contribution in [0.3, 0.4) is 0 Å². The lowest BCUT2D eigenvalue weighted by molar-refractivity contribution is -0.385. The Labute approximate surface area is 123 Å². The average molecular weight is 308 g/mol. The smallest absolute Gasteiger partial charge is 0.271 e. The Morgan fingerprint density at radius 3 is 2.59 bits per heavy atom. The summed E-state index contributed by atoms with van der Waals surface area (Å²) in [6.07, 6.45) is 1.02. The highest BCUT2D eigenvalue weighted by molar-refractivity contribution is 5.95. The van der Waals surface area contributed by atoms with E-state index in [0.29, 0.717) is 6.07 Å². The molecular formula is C13H10F2N4O3. The van der Waals surface area contributed by atoms with Crippen LogP contribution in [0.15, 0.2) is 36.5 Å². The second kappa shape index (κ2) is 6.12. The first-order valence-electron chi connectivity index (χ1n) is 5.98. The van der Waals surface area contributed by atoms with E-state index < -0.39 is 22.5 Å². The Hall–Kier alpha value is -3.10. The third kappa shape index (κ3) is 3.32. The quantitative estimate of drug-likeness (QED) is 0.690. The monoisotopic (exact) mass is 308 g/mol. The molecule has 0 fully saturated rings. The zero-order valence-electron chi connectivity index (χ0n) is 11.3. The van der Waals surface area contributed by atoms with Crippen LogP contribution in [0.25, 0.3) is 0 Å². The molecule has 0 radical (unpaired) electrons. The number of nitrogens with one attached hydrogen (secondary N) is 1.